The number of H-pyrrole nitrogens is 3. The number of benzene rings is 2. The number of aliphatic hydroxyl groups excluding tert-OH is 1. The number of rotatable bonds is 3. The molecule has 0 radical (unpaired) electrons. The highest BCUT2D eigenvalue weighted by molar-refractivity contribution is 5.84. The van der Waals surface area contributed by atoms with Crippen LogP contribution in [0.5, 0.6) is 0 Å². The summed E-state index contributed by atoms with van der Waals surface area (Å²) < 4.78 is 25.8. The Hall–Kier alpha value is -4.69. The molecule has 0 saturated carbocycles. The van der Waals surface area contributed by atoms with Gasteiger partial charge in [-0.15, -0.1) is 0 Å². The van der Waals surface area contributed by atoms with Gasteiger partial charge in [0.15, 0.2) is 18.7 Å². The highest BCUT2D eigenvalue weighted by Crippen LogP contribution is 2.29. The normalized spacial score (nSPS) is 11.2. The van der Waals surface area contributed by atoms with Gasteiger partial charge in [-0.1, -0.05) is 0 Å². The van der Waals surface area contributed by atoms with Gasteiger partial charge in [-0.3, -0.25) is 9.78 Å². The molecule has 36 heavy (non-hydrogen) atoms. The Bertz CT molecular complexity index is 1550. The topological polar surface area (TPSA) is 95.9 Å². The maximum atomic E-state index is 13.3. The average Bonchev–Trinajstić information content (AvgIpc) is 3.56. The molecule has 0 amide bonds. The summed E-state index contributed by atoms with van der Waals surface area (Å²) in [6, 6.07) is 17.9. The highest BCUT2D eigenvalue weighted by atomic mass is 19.1. The molecule has 6 nitrogen and oxygen atoms in total. The Morgan fingerprint density at radius 2 is 1.56 bits per heavy atom. The van der Waals surface area contributed by atoms with Crippen LogP contribution in [0.2, 0.25) is 0 Å². The minimum Gasteiger partial charge on any atom is -0.384 e. The third-order valence-electron chi connectivity index (χ3n) is 5.39. The molecule has 6 rings (SSSR count). The summed E-state index contributed by atoms with van der Waals surface area (Å²) in [6.45, 7) is 0. The number of aromatic amines is 3. The molecule has 0 spiro atoms. The van der Waals surface area contributed by atoms with Crippen LogP contribution >= 0.6 is 0 Å². The number of aromatic nitrogens is 4. The first-order chi connectivity index (χ1) is 17.5. The van der Waals surface area contributed by atoms with Crippen LogP contribution in [0.4, 0.5) is 8.78 Å². The van der Waals surface area contributed by atoms with Crippen LogP contribution in [0, 0.1) is 11.6 Å². The minimum atomic E-state index is -0.788. The maximum absolute atomic E-state index is 13.3. The molecule has 0 aliphatic rings. The van der Waals surface area contributed by atoms with E-state index in [9.17, 15) is 18.7 Å². The van der Waals surface area contributed by atoms with E-state index in [2.05, 4.69) is 19.9 Å². The van der Waals surface area contributed by atoms with Crippen molar-refractivity contribution >= 4 is 28.1 Å². The first-order valence-electron chi connectivity index (χ1n) is 11.0. The molecule has 4 heterocycles. The van der Waals surface area contributed by atoms with Crippen molar-refractivity contribution in [2.75, 3.05) is 0 Å². The average molecular weight is 486 g/mol. The summed E-state index contributed by atoms with van der Waals surface area (Å²) in [5.41, 5.74) is 3.87. The van der Waals surface area contributed by atoms with Crippen LogP contribution in [0.25, 0.3) is 21.8 Å². The fourth-order valence-corrected chi connectivity index (χ4v) is 3.57. The number of hydrogen-bond donors (Lipinski definition) is 3. The zero-order valence-electron chi connectivity index (χ0n) is 19.0. The van der Waals surface area contributed by atoms with E-state index in [0.717, 1.165) is 28.3 Å². The van der Waals surface area contributed by atoms with Crippen LogP contribution in [-0.4, -0.2) is 26.3 Å². The molecular formula is C28H23F2N4O2+. The molecule has 0 aliphatic heterocycles. The molecule has 4 aromatic heterocycles. The zero-order valence-corrected chi connectivity index (χ0v) is 19.0. The van der Waals surface area contributed by atoms with Gasteiger partial charge in [0.05, 0.1) is 0 Å². The van der Waals surface area contributed by atoms with Crippen molar-refractivity contribution in [1.29, 1.82) is 0 Å². The number of carbonyl (C=O) groups is 1. The molecular weight excluding hydrogens is 462 g/mol. The molecule has 1 unspecified atom stereocenters. The second kappa shape index (κ2) is 11.6. The van der Waals surface area contributed by atoms with Gasteiger partial charge >= 0.3 is 0 Å². The van der Waals surface area contributed by atoms with Gasteiger partial charge in [0.2, 0.25) is 0 Å². The highest BCUT2D eigenvalue weighted by Gasteiger charge is 2.15. The van der Waals surface area contributed by atoms with E-state index in [4.69, 9.17) is 0 Å². The van der Waals surface area contributed by atoms with E-state index < -0.39 is 6.10 Å². The van der Waals surface area contributed by atoms with Crippen LogP contribution in [0.15, 0.2) is 104 Å². The van der Waals surface area contributed by atoms with E-state index in [1.54, 1.807) is 73.6 Å². The molecule has 0 fully saturated rings. The van der Waals surface area contributed by atoms with E-state index in [-0.39, 0.29) is 11.6 Å². The smallest absolute Gasteiger partial charge is 0.167 e. The van der Waals surface area contributed by atoms with Crippen LogP contribution in [0.1, 0.15) is 27.6 Å². The third-order valence-corrected chi connectivity index (χ3v) is 5.39. The number of nitrogens with zero attached hydrogens (tertiary/aromatic N) is 1. The molecule has 8 heteroatoms. The van der Waals surface area contributed by atoms with Crippen LogP contribution in [-0.2, 0) is 0 Å². The van der Waals surface area contributed by atoms with E-state index in [1.165, 1.54) is 24.3 Å². The molecule has 0 bridgehead atoms. The number of halogens is 2. The lowest BCUT2D eigenvalue weighted by Crippen LogP contribution is -1.98. The first-order valence-corrected chi connectivity index (χ1v) is 11.0. The van der Waals surface area contributed by atoms with Crippen LogP contribution < -0.4 is 4.98 Å². The summed E-state index contributed by atoms with van der Waals surface area (Å²) >= 11 is 0. The number of nitrogens with one attached hydrogen (secondary N) is 3. The molecule has 6 aromatic rings. The Morgan fingerprint density at radius 3 is 2.25 bits per heavy atom. The predicted molar refractivity (Wildman–Crippen MR) is 133 cm³/mol. The van der Waals surface area contributed by atoms with Crippen molar-refractivity contribution in [3.8, 4) is 0 Å². The molecule has 1 atom stereocenters. The Balaban J connectivity index is 0.000000142. The van der Waals surface area contributed by atoms with Crippen molar-refractivity contribution in [2.24, 2.45) is 0 Å². The maximum Gasteiger partial charge on any atom is 0.167 e. The van der Waals surface area contributed by atoms with Crippen molar-refractivity contribution in [2.45, 2.75) is 6.10 Å². The van der Waals surface area contributed by atoms with Gasteiger partial charge in [0.25, 0.3) is 0 Å². The van der Waals surface area contributed by atoms with Crippen molar-refractivity contribution in [3.63, 3.8) is 0 Å². The van der Waals surface area contributed by atoms with Crippen molar-refractivity contribution in [1.82, 2.24) is 15.0 Å². The van der Waals surface area contributed by atoms with Gasteiger partial charge in [0.1, 0.15) is 17.7 Å². The molecule has 0 saturated heterocycles. The quantitative estimate of drug-likeness (QED) is 0.293. The summed E-state index contributed by atoms with van der Waals surface area (Å²) in [4.78, 5) is 22.7. The van der Waals surface area contributed by atoms with Gasteiger partial charge in [-0.05, 0) is 60.2 Å². The molecule has 0 aliphatic carbocycles. The first kappa shape index (κ1) is 24.4. The van der Waals surface area contributed by atoms with Gasteiger partial charge in [0, 0.05) is 69.9 Å². The second-order valence-corrected chi connectivity index (χ2v) is 7.78. The van der Waals surface area contributed by atoms with Crippen molar-refractivity contribution < 1.29 is 23.7 Å². The van der Waals surface area contributed by atoms with Crippen molar-refractivity contribution in [3.05, 3.63) is 132 Å². The fraction of sp³-hybridized carbons (Fsp3) is 0.0357. The monoisotopic (exact) mass is 485 g/mol. The van der Waals surface area contributed by atoms with E-state index >= 15 is 0 Å². The number of carbonyl (C=O) groups excluding carboxylic acids is 1. The Morgan fingerprint density at radius 1 is 0.861 bits per heavy atom. The number of hydrogen-bond acceptors (Lipinski definition) is 3. The van der Waals surface area contributed by atoms with Gasteiger partial charge < -0.3 is 15.1 Å². The fourth-order valence-electron chi connectivity index (χ4n) is 3.57. The number of aliphatic hydroxyl groups is 1. The number of pyridine rings is 2. The number of fused-ring (bicyclic) bond motifs is 2. The third kappa shape index (κ3) is 6.05. The van der Waals surface area contributed by atoms with Gasteiger partial charge in [-0.25, -0.2) is 13.8 Å². The summed E-state index contributed by atoms with van der Waals surface area (Å²) in [7, 11) is 0. The summed E-state index contributed by atoms with van der Waals surface area (Å²) in [5, 5.41) is 11.9. The standard InChI is InChI=1S/C14H11FN2O.C8H6FN.C6H5NO/c15-10-1-2-13-11(7-10)12(8-17-13)14(18)9-3-5-16-6-4-9;9-7-1-2-8-6(5-7)3-4-10-8;8-5-6-1-3-7-4-2-6/h1-8,14,17-18H;1-5,10H;1-5H/p+1. The lowest BCUT2D eigenvalue weighted by atomic mass is 10.0. The SMILES string of the molecule is Fc1ccc2[nH]ccc2c1.O=Cc1cc[nH+]cc1.OC(c1ccncc1)c1c[nH]c2ccc(F)cc12. The predicted octanol–water partition coefficient (Wildman–Crippen LogP) is 5.40. The van der Waals surface area contributed by atoms with Crippen LogP contribution in [0.3, 0.4) is 0 Å². The second-order valence-electron chi connectivity index (χ2n) is 7.78. The van der Waals surface area contributed by atoms with E-state index in [0.29, 0.717) is 16.5 Å². The largest absolute Gasteiger partial charge is 0.384 e. The lowest BCUT2D eigenvalue weighted by Gasteiger charge is -2.09. The summed E-state index contributed by atoms with van der Waals surface area (Å²) in [6.07, 6.45) is 10.2. The zero-order chi connectivity index (χ0) is 25.3. The minimum absolute atomic E-state index is 0.188. The van der Waals surface area contributed by atoms with Gasteiger partial charge in [-0.2, -0.15) is 0 Å². The summed E-state index contributed by atoms with van der Waals surface area (Å²) in [5.74, 6) is -0.502. The Kier molecular flexibility index (Phi) is 7.90. The number of aldehydes is 1. The molecule has 2 aromatic carbocycles. The molecule has 180 valence electrons. The van der Waals surface area contributed by atoms with E-state index in [1.807, 2.05) is 6.07 Å². The lowest BCUT2D eigenvalue weighted by molar-refractivity contribution is -0.378. The Labute approximate surface area is 205 Å². The molecule has 4 N–H and O–H groups in total.